The number of carbonyl (C=O) groups excluding carboxylic acids is 2. The molecule has 0 saturated carbocycles. The zero-order chi connectivity index (χ0) is 13.7. The normalized spacial score (nSPS) is 19.1. The van der Waals surface area contributed by atoms with E-state index in [-0.39, 0.29) is 18.6 Å². The topological polar surface area (TPSA) is 67.9 Å². The number of morpholine rings is 1. The maximum atomic E-state index is 11.5. The standard InChI is InChI=1S/C13H16N2O4/c1-15-8-11(18-9-12(15)16)7-14-13(17)19-10-5-3-2-4-6-10/h2-6,11H,7-9H2,1H3,(H,14,17). The second kappa shape index (κ2) is 6.19. The minimum atomic E-state index is -0.533. The predicted molar refractivity (Wildman–Crippen MR) is 67.8 cm³/mol. The van der Waals surface area contributed by atoms with E-state index in [4.69, 9.17) is 9.47 Å². The zero-order valence-corrected chi connectivity index (χ0v) is 10.7. The highest BCUT2D eigenvalue weighted by Gasteiger charge is 2.23. The molecule has 6 heteroatoms. The van der Waals surface area contributed by atoms with Gasteiger partial charge in [0.15, 0.2) is 0 Å². The van der Waals surface area contributed by atoms with Crippen molar-refractivity contribution < 1.29 is 19.1 Å². The Morgan fingerprint density at radius 1 is 1.47 bits per heavy atom. The summed E-state index contributed by atoms with van der Waals surface area (Å²) in [4.78, 5) is 24.3. The molecule has 2 rings (SSSR count). The van der Waals surface area contributed by atoms with Crippen molar-refractivity contribution >= 4 is 12.0 Å². The number of nitrogens with one attached hydrogen (secondary N) is 1. The van der Waals surface area contributed by atoms with Crippen molar-refractivity contribution in [3.05, 3.63) is 30.3 Å². The number of rotatable bonds is 3. The van der Waals surface area contributed by atoms with Crippen LogP contribution in [0.5, 0.6) is 5.75 Å². The molecule has 0 aromatic heterocycles. The quantitative estimate of drug-likeness (QED) is 0.869. The van der Waals surface area contributed by atoms with Crippen LogP contribution in [0.3, 0.4) is 0 Å². The van der Waals surface area contributed by atoms with E-state index in [9.17, 15) is 9.59 Å². The molecule has 0 radical (unpaired) electrons. The van der Waals surface area contributed by atoms with E-state index in [0.29, 0.717) is 18.8 Å². The van der Waals surface area contributed by atoms with Gasteiger partial charge in [0, 0.05) is 20.1 Å². The van der Waals surface area contributed by atoms with E-state index in [1.807, 2.05) is 6.07 Å². The molecule has 2 amide bonds. The molecule has 1 saturated heterocycles. The first-order valence-corrected chi connectivity index (χ1v) is 6.01. The number of amides is 2. The average molecular weight is 264 g/mol. The molecule has 6 nitrogen and oxygen atoms in total. The summed E-state index contributed by atoms with van der Waals surface area (Å²) in [6, 6.07) is 8.81. The lowest BCUT2D eigenvalue weighted by molar-refractivity contribution is -0.146. The van der Waals surface area contributed by atoms with E-state index in [2.05, 4.69) is 5.32 Å². The van der Waals surface area contributed by atoms with Crippen molar-refractivity contribution in [3.8, 4) is 5.75 Å². The highest BCUT2D eigenvalue weighted by atomic mass is 16.6. The van der Waals surface area contributed by atoms with Crippen LogP contribution >= 0.6 is 0 Å². The van der Waals surface area contributed by atoms with Gasteiger partial charge in [0.2, 0.25) is 5.91 Å². The minimum absolute atomic E-state index is 0.0522. The Morgan fingerprint density at radius 2 is 2.21 bits per heavy atom. The van der Waals surface area contributed by atoms with E-state index in [1.54, 1.807) is 36.2 Å². The largest absolute Gasteiger partial charge is 0.412 e. The summed E-state index contributed by atoms with van der Waals surface area (Å²) >= 11 is 0. The molecule has 1 fully saturated rings. The number of likely N-dealkylation sites (N-methyl/N-ethyl adjacent to an activating group) is 1. The lowest BCUT2D eigenvalue weighted by Gasteiger charge is -2.29. The Bertz CT molecular complexity index is 449. The molecular formula is C13H16N2O4. The summed E-state index contributed by atoms with van der Waals surface area (Å²) in [7, 11) is 1.71. The second-order valence-electron chi connectivity index (χ2n) is 4.29. The smallest absolute Gasteiger partial charge is 0.410 e. The monoisotopic (exact) mass is 264 g/mol. The Balaban J connectivity index is 1.73. The molecule has 1 heterocycles. The van der Waals surface area contributed by atoms with Crippen LogP contribution in [-0.4, -0.2) is 49.7 Å². The first-order valence-electron chi connectivity index (χ1n) is 6.01. The molecule has 1 unspecified atom stereocenters. The summed E-state index contributed by atoms with van der Waals surface area (Å²) in [6.07, 6.45) is -0.736. The van der Waals surface area contributed by atoms with Gasteiger partial charge in [-0.3, -0.25) is 4.79 Å². The average Bonchev–Trinajstić information content (AvgIpc) is 2.41. The molecule has 0 aliphatic carbocycles. The van der Waals surface area contributed by atoms with Gasteiger partial charge >= 0.3 is 6.09 Å². The van der Waals surface area contributed by atoms with Crippen LogP contribution in [0.2, 0.25) is 0 Å². The molecule has 0 spiro atoms. The van der Waals surface area contributed by atoms with Crippen molar-refractivity contribution in [1.82, 2.24) is 10.2 Å². The van der Waals surface area contributed by atoms with Crippen LogP contribution in [-0.2, 0) is 9.53 Å². The van der Waals surface area contributed by atoms with E-state index in [1.165, 1.54) is 0 Å². The molecule has 1 aromatic rings. The zero-order valence-electron chi connectivity index (χ0n) is 10.7. The van der Waals surface area contributed by atoms with Gasteiger partial charge in [-0.05, 0) is 12.1 Å². The third-order valence-electron chi connectivity index (χ3n) is 2.77. The summed E-state index contributed by atoms with van der Waals surface area (Å²) < 4.78 is 10.4. The predicted octanol–water partition coefficient (Wildman–Crippen LogP) is 0.632. The van der Waals surface area contributed by atoms with Gasteiger partial charge in [0.05, 0.1) is 6.10 Å². The molecule has 1 aliphatic rings. The van der Waals surface area contributed by atoms with Crippen molar-refractivity contribution in [2.45, 2.75) is 6.10 Å². The molecule has 19 heavy (non-hydrogen) atoms. The van der Waals surface area contributed by atoms with Gasteiger partial charge in [0.1, 0.15) is 12.4 Å². The summed E-state index contributed by atoms with van der Waals surface area (Å²) in [5, 5.41) is 2.61. The fraction of sp³-hybridized carbons (Fsp3) is 0.385. The van der Waals surface area contributed by atoms with Gasteiger partial charge in [-0.2, -0.15) is 0 Å². The first-order chi connectivity index (χ1) is 9.15. The number of benzene rings is 1. The van der Waals surface area contributed by atoms with Crippen molar-refractivity contribution in [3.63, 3.8) is 0 Å². The number of para-hydroxylation sites is 1. The van der Waals surface area contributed by atoms with Gasteiger partial charge in [-0.25, -0.2) is 4.79 Å². The molecule has 1 aromatic carbocycles. The van der Waals surface area contributed by atoms with Crippen LogP contribution in [0.15, 0.2) is 30.3 Å². The summed E-state index contributed by atoms with van der Waals surface area (Å²) in [5.41, 5.74) is 0. The Morgan fingerprint density at radius 3 is 2.89 bits per heavy atom. The van der Waals surface area contributed by atoms with E-state index < -0.39 is 6.09 Å². The van der Waals surface area contributed by atoms with Crippen LogP contribution in [0, 0.1) is 0 Å². The number of nitrogens with zero attached hydrogens (tertiary/aromatic N) is 1. The van der Waals surface area contributed by atoms with Gasteiger partial charge in [0.25, 0.3) is 0 Å². The lowest BCUT2D eigenvalue weighted by atomic mass is 10.3. The number of hydrogen-bond acceptors (Lipinski definition) is 4. The molecule has 102 valence electrons. The Labute approximate surface area is 111 Å². The van der Waals surface area contributed by atoms with Crippen molar-refractivity contribution in [2.75, 3.05) is 26.7 Å². The number of carbonyl (C=O) groups is 2. The summed E-state index contributed by atoms with van der Waals surface area (Å²) in [6.45, 7) is 0.824. The van der Waals surface area contributed by atoms with Crippen molar-refractivity contribution in [2.24, 2.45) is 0 Å². The molecular weight excluding hydrogens is 248 g/mol. The maximum Gasteiger partial charge on any atom is 0.412 e. The fourth-order valence-corrected chi connectivity index (χ4v) is 1.71. The van der Waals surface area contributed by atoms with Crippen LogP contribution < -0.4 is 10.1 Å². The number of hydrogen-bond donors (Lipinski definition) is 1. The second-order valence-corrected chi connectivity index (χ2v) is 4.29. The lowest BCUT2D eigenvalue weighted by Crippen LogP contribution is -2.49. The first kappa shape index (κ1) is 13.4. The highest BCUT2D eigenvalue weighted by Crippen LogP contribution is 2.08. The minimum Gasteiger partial charge on any atom is -0.410 e. The van der Waals surface area contributed by atoms with Gasteiger partial charge in [-0.1, -0.05) is 18.2 Å². The SMILES string of the molecule is CN1CC(CNC(=O)Oc2ccccc2)OCC1=O. The summed E-state index contributed by atoms with van der Waals surface area (Å²) in [5.74, 6) is 0.431. The van der Waals surface area contributed by atoms with E-state index >= 15 is 0 Å². The van der Waals surface area contributed by atoms with Gasteiger partial charge < -0.3 is 19.7 Å². The van der Waals surface area contributed by atoms with Crippen LogP contribution in [0.4, 0.5) is 4.79 Å². The van der Waals surface area contributed by atoms with Gasteiger partial charge in [-0.15, -0.1) is 0 Å². The third kappa shape index (κ3) is 3.96. The van der Waals surface area contributed by atoms with Crippen LogP contribution in [0.25, 0.3) is 0 Å². The number of ether oxygens (including phenoxy) is 2. The Kier molecular flexibility index (Phi) is 4.35. The molecule has 0 bridgehead atoms. The highest BCUT2D eigenvalue weighted by molar-refractivity contribution is 5.77. The molecule has 1 N–H and O–H groups in total. The fourth-order valence-electron chi connectivity index (χ4n) is 1.71. The molecule has 1 atom stereocenters. The van der Waals surface area contributed by atoms with E-state index in [0.717, 1.165) is 0 Å². The third-order valence-corrected chi connectivity index (χ3v) is 2.77. The van der Waals surface area contributed by atoms with Crippen molar-refractivity contribution in [1.29, 1.82) is 0 Å². The van der Waals surface area contributed by atoms with Crippen LogP contribution in [0.1, 0.15) is 0 Å². The Hall–Kier alpha value is -2.08. The maximum absolute atomic E-state index is 11.5. The molecule has 1 aliphatic heterocycles.